The largest absolute Gasteiger partial charge is 0.352 e. The third-order valence-electron chi connectivity index (χ3n) is 3.52. The highest BCUT2D eigenvalue weighted by molar-refractivity contribution is 5.79. The molecule has 0 saturated carbocycles. The summed E-state index contributed by atoms with van der Waals surface area (Å²) in [4.78, 5) is 8.34. The van der Waals surface area contributed by atoms with Gasteiger partial charge in [0.05, 0.1) is 0 Å². The Hall–Kier alpha value is -1.88. The fourth-order valence-electron chi connectivity index (χ4n) is 2.34. The van der Waals surface area contributed by atoms with Gasteiger partial charge in [-0.2, -0.15) is 0 Å². The van der Waals surface area contributed by atoms with Gasteiger partial charge in [0, 0.05) is 39.3 Å². The van der Waals surface area contributed by atoms with Gasteiger partial charge < -0.3 is 15.1 Å². The molecule has 128 valence electrons. The number of unbranched alkanes of at least 4 members (excludes halogenated alkanes) is 1. The van der Waals surface area contributed by atoms with Crippen molar-refractivity contribution in [2.24, 2.45) is 4.99 Å². The fraction of sp³-hybridized carbons (Fsp3) is 0.500. The number of rotatable bonds is 8. The lowest BCUT2D eigenvalue weighted by Gasteiger charge is -2.22. The molecule has 1 aromatic carbocycles. The van der Waals surface area contributed by atoms with Crippen LogP contribution < -0.4 is 5.32 Å². The molecule has 0 aliphatic rings. The normalized spacial score (nSPS) is 11.7. The fourth-order valence-corrected chi connectivity index (χ4v) is 2.34. The van der Waals surface area contributed by atoms with Crippen molar-refractivity contribution in [2.75, 3.05) is 34.7 Å². The van der Waals surface area contributed by atoms with Crippen LogP contribution in [0.5, 0.6) is 0 Å². The summed E-state index contributed by atoms with van der Waals surface area (Å²) >= 11 is 0. The van der Waals surface area contributed by atoms with Crippen molar-refractivity contribution in [3.63, 3.8) is 0 Å². The van der Waals surface area contributed by atoms with E-state index in [0.717, 1.165) is 30.9 Å². The molecule has 0 radical (unpaired) electrons. The van der Waals surface area contributed by atoms with E-state index in [2.05, 4.69) is 21.8 Å². The van der Waals surface area contributed by atoms with Crippen LogP contribution in [0.25, 0.3) is 0 Å². The minimum atomic E-state index is -0.159. The van der Waals surface area contributed by atoms with E-state index in [0.29, 0.717) is 18.7 Å². The molecular weight excluding hydrogens is 291 g/mol. The Kier molecular flexibility index (Phi) is 8.33. The number of halogens is 1. The Morgan fingerprint density at radius 2 is 2.09 bits per heavy atom. The van der Waals surface area contributed by atoms with Crippen molar-refractivity contribution in [2.45, 2.75) is 25.9 Å². The molecule has 0 fully saturated rings. The van der Waals surface area contributed by atoms with E-state index < -0.39 is 0 Å². The monoisotopic (exact) mass is 320 g/mol. The number of benzene rings is 1. The average molecular weight is 320 g/mol. The summed E-state index contributed by atoms with van der Waals surface area (Å²) in [5.74, 6) is 0.681. The van der Waals surface area contributed by atoms with Gasteiger partial charge in [0.15, 0.2) is 5.96 Å². The van der Waals surface area contributed by atoms with Crippen LogP contribution in [0.1, 0.15) is 24.0 Å². The van der Waals surface area contributed by atoms with Crippen LogP contribution in [0.2, 0.25) is 0 Å². The number of aliphatic imine (C=N–C) groups is 1. The molecule has 0 amide bonds. The summed E-state index contributed by atoms with van der Waals surface area (Å²) in [6.45, 7) is 5.87. The summed E-state index contributed by atoms with van der Waals surface area (Å²) in [7, 11) is 7.66. The summed E-state index contributed by atoms with van der Waals surface area (Å²) in [6.07, 6.45) is 3.96. The zero-order chi connectivity index (χ0) is 17.2. The van der Waals surface area contributed by atoms with E-state index in [-0.39, 0.29) is 5.82 Å². The van der Waals surface area contributed by atoms with Gasteiger partial charge in [-0.15, -0.1) is 6.58 Å². The molecular formula is C18H29FN4. The molecule has 0 aliphatic heterocycles. The smallest absolute Gasteiger partial charge is 0.193 e. The highest BCUT2D eigenvalue weighted by Crippen LogP contribution is 2.12. The molecule has 0 heterocycles. The highest BCUT2D eigenvalue weighted by atomic mass is 19.1. The Balaban J connectivity index is 2.63. The Labute approximate surface area is 139 Å². The first-order valence-corrected chi connectivity index (χ1v) is 7.92. The van der Waals surface area contributed by atoms with Gasteiger partial charge in [0.25, 0.3) is 0 Å². The van der Waals surface area contributed by atoms with Crippen LogP contribution >= 0.6 is 0 Å². The third kappa shape index (κ3) is 6.82. The van der Waals surface area contributed by atoms with Gasteiger partial charge in [-0.1, -0.05) is 12.1 Å². The van der Waals surface area contributed by atoms with E-state index in [1.165, 1.54) is 6.07 Å². The van der Waals surface area contributed by atoms with Crippen molar-refractivity contribution in [1.82, 2.24) is 15.1 Å². The van der Waals surface area contributed by atoms with E-state index in [4.69, 9.17) is 0 Å². The zero-order valence-corrected chi connectivity index (χ0v) is 14.8. The van der Waals surface area contributed by atoms with Gasteiger partial charge >= 0.3 is 0 Å². The second kappa shape index (κ2) is 10.0. The molecule has 0 spiro atoms. The SMILES string of the molecule is C=CCCCN(C)C(=NC)NCc1ccc(F)c(CN(C)C)c1. The average Bonchev–Trinajstić information content (AvgIpc) is 2.50. The molecule has 0 saturated heterocycles. The number of nitrogens with zero attached hydrogens (tertiary/aromatic N) is 3. The maximum absolute atomic E-state index is 13.8. The van der Waals surface area contributed by atoms with Crippen molar-refractivity contribution >= 4 is 5.96 Å². The van der Waals surface area contributed by atoms with Crippen molar-refractivity contribution in [1.29, 1.82) is 0 Å². The second-order valence-electron chi connectivity index (χ2n) is 5.92. The molecule has 0 bridgehead atoms. The number of hydrogen-bond acceptors (Lipinski definition) is 2. The van der Waals surface area contributed by atoms with Crippen LogP contribution in [0, 0.1) is 5.82 Å². The van der Waals surface area contributed by atoms with E-state index in [9.17, 15) is 4.39 Å². The Morgan fingerprint density at radius 1 is 1.35 bits per heavy atom. The van der Waals surface area contributed by atoms with Crippen LogP contribution in [0.4, 0.5) is 4.39 Å². The second-order valence-corrected chi connectivity index (χ2v) is 5.92. The van der Waals surface area contributed by atoms with E-state index in [1.54, 1.807) is 7.05 Å². The van der Waals surface area contributed by atoms with Crippen LogP contribution in [-0.4, -0.2) is 50.5 Å². The highest BCUT2D eigenvalue weighted by Gasteiger charge is 2.08. The summed E-state index contributed by atoms with van der Waals surface area (Å²) in [5.41, 5.74) is 1.76. The summed E-state index contributed by atoms with van der Waals surface area (Å²) in [5, 5.41) is 3.33. The Morgan fingerprint density at radius 3 is 2.70 bits per heavy atom. The number of allylic oxidation sites excluding steroid dienone is 1. The van der Waals surface area contributed by atoms with Gasteiger partial charge in [-0.05, 0) is 44.6 Å². The van der Waals surface area contributed by atoms with Gasteiger partial charge in [0.2, 0.25) is 0 Å². The maximum atomic E-state index is 13.8. The Bertz CT molecular complexity index is 526. The predicted molar refractivity (Wildman–Crippen MR) is 96.1 cm³/mol. The van der Waals surface area contributed by atoms with Crippen LogP contribution in [0.3, 0.4) is 0 Å². The first-order chi connectivity index (χ1) is 11.0. The van der Waals surface area contributed by atoms with Gasteiger partial charge in [-0.3, -0.25) is 4.99 Å². The maximum Gasteiger partial charge on any atom is 0.193 e. The molecule has 5 heteroatoms. The van der Waals surface area contributed by atoms with E-state index in [1.807, 2.05) is 44.3 Å². The number of guanidine groups is 1. The van der Waals surface area contributed by atoms with Crippen LogP contribution in [0.15, 0.2) is 35.8 Å². The minimum absolute atomic E-state index is 0.159. The lowest BCUT2D eigenvalue weighted by molar-refractivity contribution is 0.392. The molecule has 0 unspecified atom stereocenters. The standard InChI is InChI=1S/C18H29FN4/c1-6-7-8-11-23(5)18(20-2)21-13-15-9-10-17(19)16(12-15)14-22(3)4/h6,9-10,12H,1,7-8,11,13-14H2,2-5H3,(H,20,21). The van der Waals surface area contributed by atoms with Crippen molar-refractivity contribution < 1.29 is 4.39 Å². The van der Waals surface area contributed by atoms with Gasteiger partial charge in [-0.25, -0.2) is 4.39 Å². The zero-order valence-electron chi connectivity index (χ0n) is 14.8. The lowest BCUT2D eigenvalue weighted by atomic mass is 10.1. The first kappa shape index (κ1) is 19.2. The molecule has 1 rings (SSSR count). The van der Waals surface area contributed by atoms with Crippen LogP contribution in [-0.2, 0) is 13.1 Å². The molecule has 1 N–H and O–H groups in total. The van der Waals surface area contributed by atoms with E-state index >= 15 is 0 Å². The molecule has 1 aromatic rings. The number of hydrogen-bond donors (Lipinski definition) is 1. The van der Waals surface area contributed by atoms with Gasteiger partial charge in [0.1, 0.15) is 5.82 Å². The summed E-state index contributed by atoms with van der Waals surface area (Å²) < 4.78 is 13.8. The molecule has 23 heavy (non-hydrogen) atoms. The summed E-state index contributed by atoms with van der Waals surface area (Å²) in [6, 6.07) is 5.26. The third-order valence-corrected chi connectivity index (χ3v) is 3.52. The molecule has 0 atom stereocenters. The topological polar surface area (TPSA) is 30.9 Å². The number of nitrogens with one attached hydrogen (secondary N) is 1. The predicted octanol–water partition coefficient (Wildman–Crippen LogP) is 2.86. The first-order valence-electron chi connectivity index (χ1n) is 7.92. The quantitative estimate of drug-likeness (QED) is 0.346. The van der Waals surface area contributed by atoms with Crippen molar-refractivity contribution in [3.05, 3.63) is 47.8 Å². The minimum Gasteiger partial charge on any atom is -0.352 e. The van der Waals surface area contributed by atoms with Crippen molar-refractivity contribution in [3.8, 4) is 0 Å². The molecule has 0 aliphatic carbocycles. The lowest BCUT2D eigenvalue weighted by Crippen LogP contribution is -2.39. The molecule has 0 aromatic heterocycles. The molecule has 4 nitrogen and oxygen atoms in total.